The summed E-state index contributed by atoms with van der Waals surface area (Å²) in [5.74, 6) is 0. The smallest absolute Gasteiger partial charge is 0.0630 e. The van der Waals surface area contributed by atoms with Crippen LogP contribution in [0.2, 0.25) is 10.0 Å². The highest BCUT2D eigenvalue weighted by molar-refractivity contribution is 7.19. The van der Waals surface area contributed by atoms with Crippen LogP contribution in [0.25, 0.3) is 10.1 Å². The van der Waals surface area contributed by atoms with Crippen molar-refractivity contribution in [3.05, 3.63) is 68.5 Å². The minimum Gasteiger partial charge on any atom is -0.330 e. The van der Waals surface area contributed by atoms with Crippen LogP contribution in [0, 0.1) is 0 Å². The molecule has 0 spiro atoms. The SMILES string of the molecule is NCCc1ccc(Cl)c(Cl)c1Cc1cc2ccccc2s1. The monoisotopic (exact) mass is 335 g/mol. The second-order valence-corrected chi connectivity index (χ2v) is 6.92. The van der Waals surface area contributed by atoms with E-state index in [1.807, 2.05) is 12.1 Å². The highest BCUT2D eigenvalue weighted by Gasteiger charge is 2.12. The Kier molecular flexibility index (Phi) is 4.51. The Balaban J connectivity index is 2.01. The van der Waals surface area contributed by atoms with Crippen molar-refractivity contribution in [3.8, 4) is 0 Å². The molecule has 2 aromatic carbocycles. The molecule has 0 bridgehead atoms. The largest absolute Gasteiger partial charge is 0.330 e. The fourth-order valence-electron chi connectivity index (χ4n) is 2.51. The second kappa shape index (κ2) is 6.37. The summed E-state index contributed by atoms with van der Waals surface area (Å²) in [5, 5.41) is 2.53. The first-order chi connectivity index (χ1) is 10.2. The van der Waals surface area contributed by atoms with E-state index in [9.17, 15) is 0 Å². The minimum absolute atomic E-state index is 0.605. The van der Waals surface area contributed by atoms with Crippen LogP contribution >= 0.6 is 34.5 Å². The number of hydrogen-bond donors (Lipinski definition) is 1. The van der Waals surface area contributed by atoms with E-state index in [2.05, 4.69) is 30.3 Å². The number of fused-ring (bicyclic) bond motifs is 1. The second-order valence-electron chi connectivity index (χ2n) is 4.97. The highest BCUT2D eigenvalue weighted by Crippen LogP contribution is 2.34. The van der Waals surface area contributed by atoms with Crippen molar-refractivity contribution >= 4 is 44.6 Å². The third-order valence-corrected chi connectivity index (χ3v) is 5.49. The van der Waals surface area contributed by atoms with Crippen LogP contribution in [0.4, 0.5) is 0 Å². The molecule has 0 saturated carbocycles. The number of halogens is 2. The topological polar surface area (TPSA) is 26.0 Å². The third kappa shape index (κ3) is 3.09. The zero-order valence-corrected chi connectivity index (χ0v) is 13.7. The molecule has 0 unspecified atom stereocenters. The van der Waals surface area contributed by atoms with Gasteiger partial charge in [0.2, 0.25) is 0 Å². The van der Waals surface area contributed by atoms with E-state index in [-0.39, 0.29) is 0 Å². The summed E-state index contributed by atoms with van der Waals surface area (Å²) in [6.07, 6.45) is 1.62. The summed E-state index contributed by atoms with van der Waals surface area (Å²) in [6, 6.07) is 14.5. The fourth-order valence-corrected chi connectivity index (χ4v) is 4.02. The van der Waals surface area contributed by atoms with Gasteiger partial charge in [0.25, 0.3) is 0 Å². The molecule has 3 aromatic rings. The molecule has 2 N–H and O–H groups in total. The van der Waals surface area contributed by atoms with Gasteiger partial charge in [-0.25, -0.2) is 0 Å². The van der Waals surface area contributed by atoms with Gasteiger partial charge in [-0.05, 0) is 47.7 Å². The Bertz CT molecular complexity index is 747. The molecule has 1 nitrogen and oxygen atoms in total. The molecule has 0 radical (unpaired) electrons. The summed E-state index contributed by atoms with van der Waals surface area (Å²) in [7, 11) is 0. The molecule has 3 rings (SSSR count). The molecule has 0 amide bonds. The lowest BCUT2D eigenvalue weighted by molar-refractivity contribution is 0.948. The highest BCUT2D eigenvalue weighted by atomic mass is 35.5. The van der Waals surface area contributed by atoms with Crippen molar-refractivity contribution in [3.63, 3.8) is 0 Å². The number of hydrogen-bond acceptors (Lipinski definition) is 2. The van der Waals surface area contributed by atoms with Crippen molar-refractivity contribution in [2.24, 2.45) is 5.73 Å². The Morgan fingerprint density at radius 3 is 2.62 bits per heavy atom. The number of rotatable bonds is 4. The molecule has 0 atom stereocenters. The fraction of sp³-hybridized carbons (Fsp3) is 0.176. The molecule has 0 aliphatic rings. The van der Waals surface area contributed by atoms with Crippen molar-refractivity contribution in [2.45, 2.75) is 12.8 Å². The van der Waals surface area contributed by atoms with Crippen LogP contribution in [-0.2, 0) is 12.8 Å². The number of benzene rings is 2. The van der Waals surface area contributed by atoms with Gasteiger partial charge in [-0.15, -0.1) is 11.3 Å². The molecule has 1 aromatic heterocycles. The average molecular weight is 336 g/mol. The maximum atomic E-state index is 6.41. The Labute approximate surface area is 138 Å². The van der Waals surface area contributed by atoms with Gasteiger partial charge in [0.05, 0.1) is 10.0 Å². The molecular weight excluding hydrogens is 321 g/mol. The summed E-state index contributed by atoms with van der Waals surface area (Å²) in [5.41, 5.74) is 7.98. The van der Waals surface area contributed by atoms with E-state index < -0.39 is 0 Å². The van der Waals surface area contributed by atoms with Crippen molar-refractivity contribution in [2.75, 3.05) is 6.54 Å². The molecule has 0 aliphatic carbocycles. The zero-order chi connectivity index (χ0) is 14.8. The van der Waals surface area contributed by atoms with Crippen LogP contribution < -0.4 is 5.73 Å². The Morgan fingerprint density at radius 1 is 1.05 bits per heavy atom. The first-order valence-corrected chi connectivity index (χ1v) is 8.39. The van der Waals surface area contributed by atoms with Gasteiger partial charge < -0.3 is 5.73 Å². The lowest BCUT2D eigenvalue weighted by Gasteiger charge is -2.11. The first kappa shape index (κ1) is 14.9. The maximum absolute atomic E-state index is 6.41. The van der Waals surface area contributed by atoms with Gasteiger partial charge in [0.1, 0.15) is 0 Å². The normalized spacial score (nSPS) is 11.2. The minimum atomic E-state index is 0.605. The van der Waals surface area contributed by atoms with Gasteiger partial charge in [-0.2, -0.15) is 0 Å². The molecule has 1 heterocycles. The molecule has 108 valence electrons. The summed E-state index contributed by atoms with van der Waals surface area (Å²) < 4.78 is 1.30. The molecule has 0 fully saturated rings. The molecule has 0 saturated heterocycles. The van der Waals surface area contributed by atoms with Crippen LogP contribution in [0.1, 0.15) is 16.0 Å². The van der Waals surface area contributed by atoms with Gasteiger partial charge >= 0.3 is 0 Å². The summed E-state index contributed by atoms with van der Waals surface area (Å²) in [4.78, 5) is 1.29. The van der Waals surface area contributed by atoms with Crippen molar-refractivity contribution in [1.29, 1.82) is 0 Å². The maximum Gasteiger partial charge on any atom is 0.0630 e. The Morgan fingerprint density at radius 2 is 1.86 bits per heavy atom. The average Bonchev–Trinajstić information content (AvgIpc) is 2.89. The predicted octanol–water partition coefficient (Wildman–Crippen LogP) is 5.30. The van der Waals surface area contributed by atoms with Crippen molar-refractivity contribution in [1.82, 2.24) is 0 Å². The first-order valence-electron chi connectivity index (χ1n) is 6.82. The molecule has 21 heavy (non-hydrogen) atoms. The molecule has 0 aliphatic heterocycles. The van der Waals surface area contributed by atoms with Crippen molar-refractivity contribution < 1.29 is 0 Å². The van der Waals surface area contributed by atoms with E-state index in [0.717, 1.165) is 18.4 Å². The van der Waals surface area contributed by atoms with E-state index >= 15 is 0 Å². The van der Waals surface area contributed by atoms with Gasteiger partial charge in [0.15, 0.2) is 0 Å². The zero-order valence-electron chi connectivity index (χ0n) is 11.4. The molecule has 4 heteroatoms. The van der Waals surface area contributed by atoms with E-state index in [4.69, 9.17) is 28.9 Å². The lowest BCUT2D eigenvalue weighted by atomic mass is 10.0. The number of thiophene rings is 1. The van der Waals surface area contributed by atoms with E-state index in [0.29, 0.717) is 16.6 Å². The lowest BCUT2D eigenvalue weighted by Crippen LogP contribution is -2.06. The Hall–Kier alpha value is -1.06. The molecular formula is C17H15Cl2NS. The van der Waals surface area contributed by atoms with Crippen LogP contribution in [0.5, 0.6) is 0 Å². The van der Waals surface area contributed by atoms with Gasteiger partial charge in [-0.1, -0.05) is 47.5 Å². The van der Waals surface area contributed by atoms with E-state index in [1.165, 1.54) is 20.5 Å². The standard InChI is InChI=1S/C17H15Cl2NS/c18-15-6-5-11(7-8-20)14(17(15)19)10-13-9-12-3-1-2-4-16(12)21-13/h1-6,9H,7-8,10,20H2. The van der Waals surface area contributed by atoms with Crippen LogP contribution in [0.15, 0.2) is 42.5 Å². The third-order valence-electron chi connectivity index (χ3n) is 3.53. The van der Waals surface area contributed by atoms with Gasteiger partial charge in [-0.3, -0.25) is 0 Å². The predicted molar refractivity (Wildman–Crippen MR) is 93.9 cm³/mol. The van der Waals surface area contributed by atoms with Gasteiger partial charge in [0, 0.05) is 16.0 Å². The van der Waals surface area contributed by atoms with Crippen LogP contribution in [0.3, 0.4) is 0 Å². The summed E-state index contributed by atoms with van der Waals surface area (Å²) in [6.45, 7) is 0.609. The quantitative estimate of drug-likeness (QED) is 0.687. The van der Waals surface area contributed by atoms with E-state index in [1.54, 1.807) is 11.3 Å². The number of nitrogens with two attached hydrogens (primary N) is 1. The van der Waals surface area contributed by atoms with Crippen LogP contribution in [-0.4, -0.2) is 6.54 Å². The summed E-state index contributed by atoms with van der Waals surface area (Å²) >= 11 is 14.4.